The number of carbonyl (C=O) groups excluding carboxylic acids is 1. The van der Waals surface area contributed by atoms with Crippen molar-refractivity contribution in [2.24, 2.45) is 10.7 Å². The lowest BCUT2D eigenvalue weighted by Gasteiger charge is -2.23. The van der Waals surface area contributed by atoms with Gasteiger partial charge in [0, 0.05) is 18.7 Å². The van der Waals surface area contributed by atoms with E-state index in [1.54, 1.807) is 13.8 Å². The van der Waals surface area contributed by atoms with Gasteiger partial charge in [0.15, 0.2) is 5.96 Å². The number of aryl methyl sites for hydroxylation is 4. The molecule has 1 aromatic carbocycles. The number of guanidine groups is 1. The van der Waals surface area contributed by atoms with E-state index >= 15 is 0 Å². The zero-order chi connectivity index (χ0) is 26.9. The second kappa shape index (κ2) is 13.3. The summed E-state index contributed by atoms with van der Waals surface area (Å²) in [5.41, 5.74) is 14.3. The fraction of sp³-hybridized carbons (Fsp3) is 0.481. The van der Waals surface area contributed by atoms with Crippen molar-refractivity contribution in [1.29, 1.82) is 0 Å². The van der Waals surface area contributed by atoms with E-state index in [4.69, 9.17) is 5.73 Å². The van der Waals surface area contributed by atoms with E-state index in [0.29, 0.717) is 29.9 Å². The van der Waals surface area contributed by atoms with Crippen LogP contribution in [0, 0.1) is 27.7 Å². The summed E-state index contributed by atoms with van der Waals surface area (Å²) in [4.78, 5) is 25.2. The summed E-state index contributed by atoms with van der Waals surface area (Å²) in [7, 11) is 2.50. The third-order valence-corrected chi connectivity index (χ3v) is 6.01. The molecule has 0 spiro atoms. The second-order valence-corrected chi connectivity index (χ2v) is 9.94. The topological polar surface area (TPSA) is 105 Å². The van der Waals surface area contributed by atoms with Crippen molar-refractivity contribution in [2.75, 3.05) is 13.1 Å². The van der Waals surface area contributed by atoms with Gasteiger partial charge in [-0.3, -0.25) is 15.1 Å². The summed E-state index contributed by atoms with van der Waals surface area (Å²) < 4.78 is 0. The van der Waals surface area contributed by atoms with Crippen molar-refractivity contribution >= 4 is 26.5 Å². The van der Waals surface area contributed by atoms with Crippen LogP contribution >= 0.6 is 9.24 Å². The molecule has 35 heavy (non-hydrogen) atoms. The van der Waals surface area contributed by atoms with Gasteiger partial charge in [-0.05, 0) is 55.4 Å². The van der Waals surface area contributed by atoms with Gasteiger partial charge in [0.25, 0.3) is 5.91 Å². The molecule has 0 radical (unpaired) electrons. The Balaban J connectivity index is 0.00000298. The highest BCUT2D eigenvalue weighted by atomic mass is 31.0. The molecular weight excluding hydrogens is 455 g/mol. The molecule has 7 nitrogen and oxygen atoms in total. The first-order valence-corrected chi connectivity index (χ1v) is 12.6. The van der Waals surface area contributed by atoms with Crippen LogP contribution in [-0.2, 0) is 11.8 Å². The van der Waals surface area contributed by atoms with Crippen molar-refractivity contribution in [3.63, 3.8) is 0 Å². The lowest BCUT2D eigenvalue weighted by molar-refractivity contribution is 0.0970. The molecule has 2 aromatic rings. The van der Waals surface area contributed by atoms with Crippen LogP contribution in [-0.4, -0.2) is 34.9 Å². The van der Waals surface area contributed by atoms with E-state index in [2.05, 4.69) is 88.2 Å². The lowest BCUT2D eigenvalue weighted by atomic mass is 9.83. The quantitative estimate of drug-likeness (QED) is 0.232. The number of amides is 1. The molecule has 1 amide bonds. The van der Waals surface area contributed by atoms with Crippen LogP contribution in [0.4, 0.5) is 0 Å². The number of benzene rings is 1. The van der Waals surface area contributed by atoms with Crippen molar-refractivity contribution in [3.05, 3.63) is 63.7 Å². The van der Waals surface area contributed by atoms with E-state index in [0.717, 1.165) is 12.1 Å². The van der Waals surface area contributed by atoms with E-state index in [1.807, 2.05) is 13.8 Å². The standard InChI is InChI=1S/C25H37N6OP.C2H6/c1-14-11-19(25(6,7)8)12-15(2)20(14)13-16(3)27-9-10-28-24(26)31-22(32)21-17(4)30-23(33)18(5)29-21;1-2/h11-12,27H,3,9-10,13,33H2,1-2,4-8H3,(H3,26,28,31,32);1-2H3. The normalized spacial score (nSPS) is 11.4. The highest BCUT2D eigenvalue weighted by Crippen LogP contribution is 2.27. The van der Waals surface area contributed by atoms with Crippen LogP contribution in [0.2, 0.25) is 0 Å². The molecule has 0 bridgehead atoms. The monoisotopic (exact) mass is 498 g/mol. The third-order valence-electron chi connectivity index (χ3n) is 5.46. The zero-order valence-corrected chi connectivity index (χ0v) is 24.0. The van der Waals surface area contributed by atoms with Crippen LogP contribution in [0.3, 0.4) is 0 Å². The minimum absolute atomic E-state index is 0.0469. The molecule has 4 N–H and O–H groups in total. The van der Waals surface area contributed by atoms with Gasteiger partial charge in [0.2, 0.25) is 0 Å². The largest absolute Gasteiger partial charge is 0.387 e. The lowest BCUT2D eigenvalue weighted by Crippen LogP contribution is -2.38. The fourth-order valence-corrected chi connectivity index (χ4v) is 3.70. The molecular formula is C27H43N6OP. The van der Waals surface area contributed by atoms with E-state index in [9.17, 15) is 4.79 Å². The van der Waals surface area contributed by atoms with Crippen LogP contribution in [0.15, 0.2) is 29.4 Å². The first-order valence-electron chi connectivity index (χ1n) is 12.0. The highest BCUT2D eigenvalue weighted by molar-refractivity contribution is 7.27. The smallest absolute Gasteiger partial charge is 0.278 e. The molecule has 0 aliphatic carbocycles. The van der Waals surface area contributed by atoms with Crippen LogP contribution < -0.4 is 21.8 Å². The summed E-state index contributed by atoms with van der Waals surface area (Å²) in [6, 6.07) is 4.54. The van der Waals surface area contributed by atoms with Crippen LogP contribution in [0.5, 0.6) is 0 Å². The Labute approximate surface area is 213 Å². The molecule has 1 atom stereocenters. The molecule has 0 saturated heterocycles. The van der Waals surface area contributed by atoms with E-state index in [-0.39, 0.29) is 17.1 Å². The summed E-state index contributed by atoms with van der Waals surface area (Å²) >= 11 is 0. The number of hydrogen-bond acceptors (Lipinski definition) is 5. The number of nitrogens with one attached hydrogen (secondary N) is 2. The van der Waals surface area contributed by atoms with Gasteiger partial charge in [-0.15, -0.1) is 0 Å². The van der Waals surface area contributed by atoms with E-state index < -0.39 is 5.91 Å². The predicted octanol–water partition coefficient (Wildman–Crippen LogP) is 3.92. The second-order valence-electron chi connectivity index (χ2n) is 9.40. The van der Waals surface area contributed by atoms with Gasteiger partial charge in [-0.1, -0.05) is 62.6 Å². The molecule has 0 saturated carbocycles. The maximum Gasteiger partial charge on any atom is 0.278 e. The fourth-order valence-electron chi connectivity index (χ4n) is 3.44. The minimum Gasteiger partial charge on any atom is -0.387 e. The SMILES string of the molecule is C=C(Cc1c(C)cc(C(C)(C)C)cc1C)NCCN=C(N)NC(=O)c1nc(C)c(P)nc1C.CC. The number of nitrogens with two attached hydrogens (primary N) is 1. The molecule has 1 aromatic heterocycles. The number of allylic oxidation sites excluding steroid dienone is 1. The average molecular weight is 499 g/mol. The Morgan fingerprint density at radius 1 is 1.09 bits per heavy atom. The molecule has 0 fully saturated rings. The van der Waals surface area contributed by atoms with Gasteiger partial charge in [0.1, 0.15) is 5.69 Å². The summed E-state index contributed by atoms with van der Waals surface area (Å²) in [6.07, 6.45) is 0.751. The zero-order valence-electron chi connectivity index (χ0n) is 22.9. The average Bonchev–Trinajstić information content (AvgIpc) is 2.76. The molecule has 8 heteroatoms. The van der Waals surface area contributed by atoms with Crippen molar-refractivity contribution in [2.45, 2.75) is 74.1 Å². The Hall–Kier alpha value is -2.79. The number of hydrogen-bond donors (Lipinski definition) is 3. The number of carbonyl (C=O) groups is 1. The van der Waals surface area contributed by atoms with Gasteiger partial charge >= 0.3 is 0 Å². The number of rotatable bonds is 7. The first kappa shape index (κ1) is 30.2. The summed E-state index contributed by atoms with van der Waals surface area (Å²) in [5.74, 6) is -0.373. The maximum absolute atomic E-state index is 12.4. The van der Waals surface area contributed by atoms with Gasteiger partial charge in [-0.25, -0.2) is 9.97 Å². The first-order chi connectivity index (χ1) is 16.3. The van der Waals surface area contributed by atoms with Crippen molar-refractivity contribution in [3.8, 4) is 0 Å². The van der Waals surface area contributed by atoms with Crippen LogP contribution in [0.1, 0.15) is 78.7 Å². The summed E-state index contributed by atoms with van der Waals surface area (Å²) in [5, 5.41) is 5.87. The number of aromatic nitrogens is 2. The maximum atomic E-state index is 12.4. The van der Waals surface area contributed by atoms with Crippen molar-refractivity contribution in [1.82, 2.24) is 20.6 Å². The molecule has 0 aliphatic rings. The molecule has 192 valence electrons. The molecule has 2 rings (SSSR count). The Morgan fingerprint density at radius 3 is 2.20 bits per heavy atom. The Kier molecular flexibility index (Phi) is 11.5. The van der Waals surface area contributed by atoms with Crippen LogP contribution in [0.25, 0.3) is 0 Å². The number of aliphatic imine (C=N–C) groups is 1. The third kappa shape index (κ3) is 9.06. The molecule has 0 aliphatic heterocycles. The predicted molar refractivity (Wildman–Crippen MR) is 152 cm³/mol. The minimum atomic E-state index is -0.420. The molecule has 1 unspecified atom stereocenters. The Morgan fingerprint density at radius 2 is 1.66 bits per heavy atom. The van der Waals surface area contributed by atoms with Gasteiger partial charge in [0.05, 0.1) is 23.4 Å². The number of nitrogens with zero attached hydrogens (tertiary/aromatic N) is 3. The highest BCUT2D eigenvalue weighted by Gasteiger charge is 2.17. The molecule has 1 heterocycles. The van der Waals surface area contributed by atoms with Crippen molar-refractivity contribution < 1.29 is 4.79 Å². The van der Waals surface area contributed by atoms with Gasteiger partial charge in [-0.2, -0.15) is 0 Å². The summed E-state index contributed by atoms with van der Waals surface area (Å²) in [6.45, 7) is 23.6. The Bertz CT molecular complexity index is 1060. The van der Waals surface area contributed by atoms with Gasteiger partial charge < -0.3 is 11.1 Å². The van der Waals surface area contributed by atoms with E-state index in [1.165, 1.54) is 22.3 Å².